The summed E-state index contributed by atoms with van der Waals surface area (Å²) in [5.41, 5.74) is 6.42. The molecule has 1 unspecified atom stereocenters. The van der Waals surface area contributed by atoms with Crippen LogP contribution in [-0.2, 0) is 4.74 Å². The number of rotatable bonds is 0. The number of nitrogens with zero attached hydrogens (tertiary/aromatic N) is 1. The Morgan fingerprint density at radius 1 is 0.556 bits per heavy atom. The number of amides is 2. The first kappa shape index (κ1) is 27.2. The number of carbonyl (C=O) groups excluding carboxylic acids is 4. The lowest BCUT2D eigenvalue weighted by Crippen LogP contribution is -2.37. The molecule has 2 amide bonds. The smallest absolute Gasteiger partial charge is 0.346 e. The average molecular weight is 592 g/mol. The maximum absolute atomic E-state index is 13.1. The second kappa shape index (κ2) is 9.32. The van der Waals surface area contributed by atoms with Crippen molar-refractivity contribution in [3.05, 3.63) is 99.3 Å². The van der Waals surface area contributed by atoms with E-state index >= 15 is 0 Å². The molecule has 0 fully saturated rings. The average Bonchev–Trinajstić information content (AvgIpc) is 3.08. The summed E-state index contributed by atoms with van der Waals surface area (Å²) in [6, 6.07) is 19.6. The molecule has 6 aromatic rings. The molecule has 6 nitrogen and oxygen atoms in total. The van der Waals surface area contributed by atoms with E-state index in [0.717, 1.165) is 60.6 Å². The first-order valence-corrected chi connectivity index (χ1v) is 15.6. The Morgan fingerprint density at radius 2 is 1.07 bits per heavy atom. The van der Waals surface area contributed by atoms with Gasteiger partial charge in [-0.15, -0.1) is 0 Å². The summed E-state index contributed by atoms with van der Waals surface area (Å²) < 4.78 is 5.02. The van der Waals surface area contributed by atoms with Crippen molar-refractivity contribution < 1.29 is 23.9 Å². The van der Waals surface area contributed by atoms with E-state index < -0.39 is 11.9 Å². The molecule has 0 bridgehead atoms. The van der Waals surface area contributed by atoms with Gasteiger partial charge in [-0.25, -0.2) is 9.59 Å². The highest BCUT2D eigenvalue weighted by molar-refractivity contribution is 6.34. The summed E-state index contributed by atoms with van der Waals surface area (Å²) >= 11 is 0. The third kappa shape index (κ3) is 3.13. The number of imide groups is 1. The number of esters is 2. The van der Waals surface area contributed by atoms with Crippen LogP contribution in [0.25, 0.3) is 60.3 Å². The maximum atomic E-state index is 13.1. The predicted molar refractivity (Wildman–Crippen MR) is 177 cm³/mol. The number of ether oxygens (including phenoxy) is 1. The lowest BCUT2D eigenvalue weighted by Gasteiger charge is -2.34. The first-order valence-electron chi connectivity index (χ1n) is 15.6. The fourth-order valence-electron chi connectivity index (χ4n) is 8.04. The van der Waals surface area contributed by atoms with Gasteiger partial charge >= 0.3 is 11.9 Å². The van der Waals surface area contributed by atoms with Crippen LogP contribution in [0.2, 0.25) is 0 Å². The lowest BCUT2D eigenvalue weighted by atomic mass is 9.70. The minimum atomic E-state index is -0.604. The zero-order chi connectivity index (χ0) is 31.5. The summed E-state index contributed by atoms with van der Waals surface area (Å²) in [6.45, 7) is 8.00. The Balaban J connectivity index is 0.000000725. The van der Waals surface area contributed by atoms with E-state index in [9.17, 15) is 19.2 Å². The van der Waals surface area contributed by atoms with Crippen LogP contribution in [0.3, 0.4) is 0 Å². The van der Waals surface area contributed by atoms with Crippen LogP contribution in [0, 0.1) is 0 Å². The molecule has 1 atom stereocenters. The highest BCUT2D eigenvalue weighted by atomic mass is 16.6. The number of hydrogen-bond donors (Lipinski definition) is 0. The third-order valence-corrected chi connectivity index (χ3v) is 9.72. The van der Waals surface area contributed by atoms with Crippen molar-refractivity contribution in [3.63, 3.8) is 0 Å². The SMILES string of the molecule is CC.CC.CN1C(=O)c2ccc3c4c5c6c(ccc5c5ccc(c2c35)C1=O)-c1ccc2c3c(ccc(c13)C6CC=4)C(=O)OC2=O. The Kier molecular flexibility index (Phi) is 5.64. The van der Waals surface area contributed by atoms with Crippen LogP contribution in [0.1, 0.15) is 92.6 Å². The van der Waals surface area contributed by atoms with Gasteiger partial charge in [0.2, 0.25) is 0 Å². The molecule has 0 saturated heterocycles. The van der Waals surface area contributed by atoms with E-state index in [1.54, 1.807) is 12.1 Å². The topological polar surface area (TPSA) is 80.8 Å². The first-order chi connectivity index (χ1) is 21.9. The Bertz CT molecular complexity index is 2430. The molecule has 220 valence electrons. The van der Waals surface area contributed by atoms with E-state index in [2.05, 4.69) is 18.2 Å². The highest BCUT2D eigenvalue weighted by Gasteiger charge is 2.37. The second-order valence-corrected chi connectivity index (χ2v) is 11.4. The van der Waals surface area contributed by atoms with Gasteiger partial charge < -0.3 is 4.74 Å². The number of carbonyl (C=O) groups is 4. The standard InChI is InChI=1S/C35H17NO5.2C2H6/c1-36-32(37)22-10-6-18-14-2-4-16-20-8-12-24-31-25(35(40)41-34(24)39)13-9-21(29(20)31)17-5-3-15(26(14)27(16)17)19-7-11-23(33(36)38)30(22)28(18)19;2*1-2/h2-4,6-13,17H,5H2,1H3;2*1-2H3. The van der Waals surface area contributed by atoms with Gasteiger partial charge in [0.05, 0.1) is 11.1 Å². The number of hydrogen-bond acceptors (Lipinski definition) is 5. The quantitative estimate of drug-likeness (QED) is 0.0590. The van der Waals surface area contributed by atoms with Crippen LogP contribution in [-0.4, -0.2) is 35.7 Å². The van der Waals surface area contributed by atoms with Crippen molar-refractivity contribution in [3.8, 4) is 11.1 Å². The fourth-order valence-corrected chi connectivity index (χ4v) is 8.04. The van der Waals surface area contributed by atoms with E-state index in [1.807, 2.05) is 64.1 Å². The summed E-state index contributed by atoms with van der Waals surface area (Å²) in [4.78, 5) is 52.7. The van der Waals surface area contributed by atoms with Gasteiger partial charge in [-0.3, -0.25) is 14.5 Å². The summed E-state index contributed by atoms with van der Waals surface area (Å²) in [5.74, 6) is -1.71. The van der Waals surface area contributed by atoms with E-state index in [4.69, 9.17) is 4.74 Å². The Morgan fingerprint density at radius 3 is 1.73 bits per heavy atom. The minimum absolute atomic E-state index is 0.0554. The zero-order valence-corrected chi connectivity index (χ0v) is 25.6. The molecule has 0 radical (unpaired) electrons. The van der Waals surface area contributed by atoms with Crippen molar-refractivity contribution in [2.24, 2.45) is 0 Å². The van der Waals surface area contributed by atoms with Crippen LogP contribution in [0.15, 0.2) is 60.7 Å². The van der Waals surface area contributed by atoms with Crippen molar-refractivity contribution in [1.82, 2.24) is 4.90 Å². The second-order valence-electron chi connectivity index (χ2n) is 11.4. The van der Waals surface area contributed by atoms with Gasteiger partial charge in [-0.1, -0.05) is 70.2 Å². The van der Waals surface area contributed by atoms with E-state index in [1.165, 1.54) is 22.9 Å². The van der Waals surface area contributed by atoms with Crippen LogP contribution >= 0.6 is 0 Å². The molecule has 0 aromatic heterocycles. The summed E-state index contributed by atoms with van der Waals surface area (Å²) in [6.07, 6.45) is 3.01. The monoisotopic (exact) mass is 591 g/mol. The molecule has 6 heteroatoms. The molecule has 2 aliphatic heterocycles. The van der Waals surface area contributed by atoms with Gasteiger partial charge in [0.15, 0.2) is 0 Å². The molecular formula is C39H29NO5. The maximum Gasteiger partial charge on any atom is 0.346 e. The van der Waals surface area contributed by atoms with Gasteiger partial charge in [0, 0.05) is 34.9 Å². The minimum Gasteiger partial charge on any atom is -0.386 e. The molecule has 0 saturated carbocycles. The highest BCUT2D eigenvalue weighted by Crippen LogP contribution is 2.53. The van der Waals surface area contributed by atoms with Crippen molar-refractivity contribution in [1.29, 1.82) is 0 Å². The number of benzene rings is 6. The Hall–Kier alpha value is -5.36. The predicted octanol–water partition coefficient (Wildman–Crippen LogP) is 7.90. The van der Waals surface area contributed by atoms with Crippen LogP contribution in [0.4, 0.5) is 0 Å². The van der Waals surface area contributed by atoms with Crippen LogP contribution in [0.5, 0.6) is 0 Å². The van der Waals surface area contributed by atoms with Crippen molar-refractivity contribution in [2.45, 2.75) is 40.0 Å². The van der Waals surface area contributed by atoms with Crippen LogP contribution < -0.4 is 5.22 Å². The van der Waals surface area contributed by atoms with Gasteiger partial charge in [0.1, 0.15) is 0 Å². The molecule has 0 N–H and O–H groups in total. The third-order valence-electron chi connectivity index (χ3n) is 9.72. The van der Waals surface area contributed by atoms with E-state index in [-0.39, 0.29) is 17.7 Å². The van der Waals surface area contributed by atoms with E-state index in [0.29, 0.717) is 27.6 Å². The molecule has 4 aliphatic rings. The fraction of sp³-hybridized carbons (Fsp3) is 0.179. The van der Waals surface area contributed by atoms with Gasteiger partial charge in [0.25, 0.3) is 11.8 Å². The summed E-state index contributed by atoms with van der Waals surface area (Å²) in [5, 5.41) is 8.77. The molecule has 2 aliphatic carbocycles. The normalized spacial score (nSPS) is 16.7. The molecule has 2 heterocycles. The molecular weight excluding hydrogens is 562 g/mol. The zero-order valence-electron chi connectivity index (χ0n) is 25.6. The lowest BCUT2D eigenvalue weighted by molar-refractivity contribution is 0.0390. The molecule has 6 aromatic carbocycles. The van der Waals surface area contributed by atoms with Gasteiger partial charge in [-0.2, -0.15) is 0 Å². The largest absolute Gasteiger partial charge is 0.386 e. The van der Waals surface area contributed by atoms with Gasteiger partial charge in [-0.05, 0) is 90.5 Å². The number of cyclic esters (lactones) is 2. The van der Waals surface area contributed by atoms with Crippen molar-refractivity contribution in [2.75, 3.05) is 7.05 Å². The van der Waals surface area contributed by atoms with Crippen molar-refractivity contribution >= 4 is 72.9 Å². The molecule has 45 heavy (non-hydrogen) atoms. The molecule has 0 spiro atoms. The molecule has 10 rings (SSSR count). The summed E-state index contributed by atoms with van der Waals surface area (Å²) in [7, 11) is 1.53. The Labute approximate surface area is 258 Å². The number of fused-ring (bicyclic) bond motifs is 4.